The zero-order valence-electron chi connectivity index (χ0n) is 7.53. The highest BCUT2D eigenvalue weighted by atomic mass is 16.3. The van der Waals surface area contributed by atoms with Gasteiger partial charge in [-0.2, -0.15) is 0 Å². The lowest BCUT2D eigenvalue weighted by Gasteiger charge is -2.01. The molecule has 5 heteroatoms. The van der Waals surface area contributed by atoms with Gasteiger partial charge < -0.3 is 4.42 Å². The predicted octanol–water partition coefficient (Wildman–Crippen LogP) is 0.914. The van der Waals surface area contributed by atoms with E-state index in [0.29, 0.717) is 16.9 Å². The van der Waals surface area contributed by atoms with Crippen molar-refractivity contribution in [2.75, 3.05) is 0 Å². The van der Waals surface area contributed by atoms with Crippen LogP contribution >= 0.6 is 0 Å². The molecule has 0 saturated heterocycles. The summed E-state index contributed by atoms with van der Waals surface area (Å²) < 4.78 is 5.36. The largest absolute Gasteiger partial charge is 0.438 e. The van der Waals surface area contributed by atoms with Crippen LogP contribution in [0.25, 0.3) is 22.4 Å². The third-order valence-corrected chi connectivity index (χ3v) is 2.28. The predicted molar refractivity (Wildman–Crippen MR) is 54.1 cm³/mol. The monoisotopic (exact) mass is 202 g/mol. The molecule has 0 unspecified atom stereocenters. The van der Waals surface area contributed by atoms with E-state index < -0.39 is 0 Å². The highest BCUT2D eigenvalue weighted by Gasteiger charge is 2.10. The van der Waals surface area contributed by atoms with Crippen molar-refractivity contribution in [1.29, 1.82) is 0 Å². The van der Waals surface area contributed by atoms with E-state index in [4.69, 9.17) is 4.42 Å². The van der Waals surface area contributed by atoms with Crippen molar-refractivity contribution >= 4 is 11.1 Å². The first kappa shape index (κ1) is 8.05. The number of benzene rings is 1. The van der Waals surface area contributed by atoms with Crippen LogP contribution in [-0.2, 0) is 0 Å². The van der Waals surface area contributed by atoms with Gasteiger partial charge in [0, 0.05) is 11.6 Å². The fourth-order valence-corrected chi connectivity index (χ4v) is 1.55. The molecule has 5 nitrogen and oxygen atoms in total. The van der Waals surface area contributed by atoms with Crippen molar-refractivity contribution < 1.29 is 4.42 Å². The van der Waals surface area contributed by atoms with E-state index in [1.54, 1.807) is 12.1 Å². The van der Waals surface area contributed by atoms with Crippen molar-refractivity contribution in [2.45, 2.75) is 0 Å². The average molecular weight is 202 g/mol. The van der Waals surface area contributed by atoms with E-state index >= 15 is 0 Å². The summed E-state index contributed by atoms with van der Waals surface area (Å²) in [6, 6.07) is 6.14. The molecule has 1 aromatic heterocycles. The van der Waals surface area contributed by atoms with E-state index in [1.165, 1.54) is 12.1 Å². The molecule has 2 heterocycles. The number of hydrogen-bond donors (Lipinski definition) is 2. The summed E-state index contributed by atoms with van der Waals surface area (Å²) in [6.07, 6.45) is 0. The van der Waals surface area contributed by atoms with E-state index in [9.17, 15) is 9.59 Å². The Bertz CT molecular complexity index is 719. The van der Waals surface area contributed by atoms with Crippen LogP contribution in [0.3, 0.4) is 0 Å². The Hall–Kier alpha value is -2.30. The minimum Gasteiger partial charge on any atom is -0.438 e. The van der Waals surface area contributed by atoms with Crippen LogP contribution in [-0.4, -0.2) is 10.2 Å². The Kier molecular flexibility index (Phi) is 1.39. The number of hydrogen-bond acceptors (Lipinski definition) is 3. The van der Waals surface area contributed by atoms with Gasteiger partial charge in [-0.1, -0.05) is 0 Å². The van der Waals surface area contributed by atoms with Crippen LogP contribution in [0.4, 0.5) is 0 Å². The maximum atomic E-state index is 11.3. The second-order valence-corrected chi connectivity index (χ2v) is 3.27. The van der Waals surface area contributed by atoms with Crippen LogP contribution in [0.5, 0.6) is 0 Å². The zero-order chi connectivity index (χ0) is 10.4. The average Bonchev–Trinajstić information content (AvgIpc) is 2.57. The molecule has 3 rings (SSSR count). The first-order chi connectivity index (χ1) is 7.24. The molecule has 2 N–H and O–H groups in total. The standard InChI is InChI=1S/C10H6N2O3/c13-6-2-1-5-3-7-9(14)11-12-10(7)15-8(5)4-6/h1-4H,(H2,11,12,14). The number of aromatic amines is 2. The molecule has 1 aliphatic heterocycles. The van der Waals surface area contributed by atoms with Gasteiger partial charge in [0.25, 0.3) is 5.56 Å². The molecule has 0 aromatic carbocycles. The summed E-state index contributed by atoms with van der Waals surface area (Å²) in [5, 5.41) is 5.45. The van der Waals surface area contributed by atoms with Crippen molar-refractivity contribution in [2.24, 2.45) is 0 Å². The summed E-state index contributed by atoms with van der Waals surface area (Å²) in [5.74, 6) is 0.463. The third-order valence-electron chi connectivity index (χ3n) is 2.28. The van der Waals surface area contributed by atoms with Gasteiger partial charge in [0.15, 0.2) is 5.43 Å². The number of aromatic nitrogens is 2. The van der Waals surface area contributed by atoms with Gasteiger partial charge in [-0.3, -0.25) is 19.8 Å². The highest BCUT2D eigenvalue weighted by molar-refractivity contribution is 5.79. The van der Waals surface area contributed by atoms with Gasteiger partial charge in [-0.15, -0.1) is 0 Å². The lowest BCUT2D eigenvalue weighted by molar-refractivity contribution is 0.603. The van der Waals surface area contributed by atoms with Crippen LogP contribution < -0.4 is 11.0 Å². The van der Waals surface area contributed by atoms with E-state index in [1.807, 2.05) is 0 Å². The van der Waals surface area contributed by atoms with E-state index in [0.717, 1.165) is 5.56 Å². The van der Waals surface area contributed by atoms with Crippen molar-refractivity contribution in [3.8, 4) is 11.3 Å². The quantitative estimate of drug-likeness (QED) is 0.568. The molecule has 0 saturated carbocycles. The second kappa shape index (κ2) is 2.60. The maximum absolute atomic E-state index is 11.3. The number of rotatable bonds is 0. The molecular weight excluding hydrogens is 196 g/mol. The highest BCUT2D eigenvalue weighted by Crippen LogP contribution is 2.23. The van der Waals surface area contributed by atoms with Crippen LogP contribution in [0.15, 0.2) is 38.3 Å². The molecule has 1 aliphatic carbocycles. The molecular formula is C10H6N2O3. The Labute approximate surface area is 82.7 Å². The summed E-state index contributed by atoms with van der Waals surface area (Å²) in [5.41, 5.74) is 0.718. The smallest absolute Gasteiger partial charge is 0.275 e. The molecule has 0 bridgehead atoms. The van der Waals surface area contributed by atoms with Gasteiger partial charge in [0.1, 0.15) is 11.1 Å². The molecule has 0 amide bonds. The van der Waals surface area contributed by atoms with Gasteiger partial charge in [-0.25, -0.2) is 0 Å². The molecule has 74 valence electrons. The van der Waals surface area contributed by atoms with Crippen LogP contribution in [0.1, 0.15) is 0 Å². The van der Waals surface area contributed by atoms with Crippen LogP contribution in [0, 0.1) is 0 Å². The van der Waals surface area contributed by atoms with Gasteiger partial charge in [-0.05, 0) is 18.2 Å². The Morgan fingerprint density at radius 2 is 1.93 bits per heavy atom. The summed E-state index contributed by atoms with van der Waals surface area (Å²) in [4.78, 5) is 22.4. The fourth-order valence-electron chi connectivity index (χ4n) is 1.55. The molecule has 2 aliphatic rings. The minimum absolute atomic E-state index is 0.122. The molecule has 15 heavy (non-hydrogen) atoms. The van der Waals surface area contributed by atoms with Crippen molar-refractivity contribution in [3.05, 3.63) is 44.8 Å². The van der Waals surface area contributed by atoms with Gasteiger partial charge in [0.2, 0.25) is 5.71 Å². The molecule has 0 radical (unpaired) electrons. The van der Waals surface area contributed by atoms with Gasteiger partial charge >= 0.3 is 0 Å². The summed E-state index contributed by atoms with van der Waals surface area (Å²) in [6.45, 7) is 0. The molecule has 0 fully saturated rings. The number of fused-ring (bicyclic) bond motifs is 2. The summed E-state index contributed by atoms with van der Waals surface area (Å²) >= 11 is 0. The Balaban J connectivity index is 2.56. The normalized spacial score (nSPS) is 11.2. The number of H-pyrrole nitrogens is 2. The topological polar surface area (TPSA) is 78.9 Å². The molecule has 0 atom stereocenters. The van der Waals surface area contributed by atoms with Crippen molar-refractivity contribution in [1.82, 2.24) is 10.2 Å². The third kappa shape index (κ3) is 1.10. The molecule has 1 aromatic rings. The fraction of sp³-hybridized carbons (Fsp3) is 0. The first-order valence-corrected chi connectivity index (χ1v) is 4.38. The van der Waals surface area contributed by atoms with E-state index in [-0.39, 0.29) is 11.0 Å². The SMILES string of the molecule is O=c1ccc2cc3c(=O)[nH][nH]c3oc-2c1. The second-order valence-electron chi connectivity index (χ2n) is 3.27. The zero-order valence-corrected chi connectivity index (χ0v) is 7.53. The summed E-state index contributed by atoms with van der Waals surface area (Å²) in [7, 11) is 0. The number of nitrogens with one attached hydrogen (secondary N) is 2. The van der Waals surface area contributed by atoms with Gasteiger partial charge in [0.05, 0.1) is 0 Å². The maximum Gasteiger partial charge on any atom is 0.275 e. The van der Waals surface area contributed by atoms with E-state index in [2.05, 4.69) is 10.2 Å². The van der Waals surface area contributed by atoms with Crippen LogP contribution in [0.2, 0.25) is 0 Å². The minimum atomic E-state index is -0.234. The van der Waals surface area contributed by atoms with Crippen molar-refractivity contribution in [3.63, 3.8) is 0 Å². The Morgan fingerprint density at radius 3 is 2.80 bits per heavy atom. The lowest BCUT2D eigenvalue weighted by Crippen LogP contribution is -2.00. The Morgan fingerprint density at radius 1 is 1.07 bits per heavy atom. The lowest BCUT2D eigenvalue weighted by atomic mass is 10.1. The first-order valence-electron chi connectivity index (χ1n) is 4.38. The molecule has 0 spiro atoms.